The van der Waals surface area contributed by atoms with Crippen molar-refractivity contribution in [2.45, 2.75) is 45.4 Å². The molecule has 200 valence electrons. The molecular formula is C27H32FN7O3. The lowest BCUT2D eigenvalue weighted by Crippen LogP contribution is -2.48. The number of nitrogens with one attached hydrogen (secondary N) is 1. The number of fused-ring (bicyclic) bond motifs is 1. The fourth-order valence-corrected chi connectivity index (χ4v) is 5.36. The third kappa shape index (κ3) is 5.28. The zero-order chi connectivity index (χ0) is 27.0. The van der Waals surface area contributed by atoms with Crippen molar-refractivity contribution in [3.8, 4) is 11.1 Å². The third-order valence-electron chi connectivity index (χ3n) is 7.41. The lowest BCUT2D eigenvalue weighted by molar-refractivity contribution is -0.139. The van der Waals surface area contributed by atoms with Gasteiger partial charge in [-0.3, -0.25) is 19.1 Å². The lowest BCUT2D eigenvalue weighted by Gasteiger charge is -2.24. The summed E-state index contributed by atoms with van der Waals surface area (Å²) in [4.78, 5) is 50.6. The number of nitrogens with zero attached hydrogens (tertiary/aromatic N) is 6. The fraction of sp³-hybridized carbons (Fsp3) is 0.481. The molecule has 11 heteroatoms. The summed E-state index contributed by atoms with van der Waals surface area (Å²) in [5, 5.41) is 7.95. The minimum atomic E-state index is -1.27. The first-order chi connectivity index (χ1) is 18.2. The summed E-state index contributed by atoms with van der Waals surface area (Å²) in [5.74, 6) is 0.0288. The predicted octanol–water partition coefficient (Wildman–Crippen LogP) is 2.01. The summed E-state index contributed by atoms with van der Waals surface area (Å²) in [6.07, 6.45) is 3.12. The van der Waals surface area contributed by atoms with Crippen molar-refractivity contribution >= 4 is 28.5 Å². The van der Waals surface area contributed by atoms with Gasteiger partial charge in [0.1, 0.15) is 30.3 Å². The second-order valence-electron chi connectivity index (χ2n) is 10.4. The van der Waals surface area contributed by atoms with Crippen LogP contribution in [-0.4, -0.2) is 92.6 Å². The van der Waals surface area contributed by atoms with Gasteiger partial charge in [0, 0.05) is 49.8 Å². The van der Waals surface area contributed by atoms with E-state index >= 15 is 0 Å². The van der Waals surface area contributed by atoms with E-state index in [1.807, 2.05) is 19.2 Å². The van der Waals surface area contributed by atoms with Gasteiger partial charge in [0.25, 0.3) is 0 Å². The zero-order valence-electron chi connectivity index (χ0n) is 21.9. The molecule has 2 aliphatic heterocycles. The summed E-state index contributed by atoms with van der Waals surface area (Å²) in [7, 11) is 2.04. The van der Waals surface area contributed by atoms with E-state index < -0.39 is 18.1 Å². The summed E-state index contributed by atoms with van der Waals surface area (Å²) in [6.45, 7) is 5.28. The number of amides is 2. The van der Waals surface area contributed by atoms with E-state index in [9.17, 15) is 18.8 Å². The summed E-state index contributed by atoms with van der Waals surface area (Å²) in [6, 6.07) is 4.62. The molecule has 3 atom stereocenters. The predicted molar refractivity (Wildman–Crippen MR) is 139 cm³/mol. The number of ketones is 1. The van der Waals surface area contributed by atoms with Gasteiger partial charge in [-0.15, -0.1) is 0 Å². The van der Waals surface area contributed by atoms with Crippen molar-refractivity contribution in [3.05, 3.63) is 42.1 Å². The van der Waals surface area contributed by atoms with Crippen LogP contribution in [0.4, 0.5) is 4.39 Å². The molecule has 2 saturated heterocycles. The Morgan fingerprint density at radius 2 is 1.89 bits per heavy atom. The normalized spacial score (nSPS) is 21.8. The molecule has 0 radical (unpaired) electrons. The van der Waals surface area contributed by atoms with Gasteiger partial charge in [0.15, 0.2) is 5.78 Å². The Kier molecular flexibility index (Phi) is 7.20. The molecule has 0 spiro atoms. The third-order valence-corrected chi connectivity index (χ3v) is 7.41. The van der Waals surface area contributed by atoms with E-state index in [4.69, 9.17) is 0 Å². The Morgan fingerprint density at radius 3 is 2.58 bits per heavy atom. The summed E-state index contributed by atoms with van der Waals surface area (Å²) >= 11 is 0. The van der Waals surface area contributed by atoms with E-state index in [1.54, 1.807) is 25.4 Å². The molecule has 1 aromatic carbocycles. The maximum absolute atomic E-state index is 14.4. The molecule has 2 aromatic heterocycles. The van der Waals surface area contributed by atoms with E-state index in [2.05, 4.69) is 25.3 Å². The quantitative estimate of drug-likeness (QED) is 0.473. The number of halogens is 1. The van der Waals surface area contributed by atoms with Gasteiger partial charge in [-0.05, 0) is 50.6 Å². The molecule has 2 amide bonds. The number of aryl methyl sites for hydroxylation is 1. The van der Waals surface area contributed by atoms with Crippen LogP contribution >= 0.6 is 0 Å². The Hall–Kier alpha value is -3.73. The van der Waals surface area contributed by atoms with Crippen LogP contribution < -0.4 is 5.32 Å². The van der Waals surface area contributed by atoms with Crippen LogP contribution in [0.3, 0.4) is 0 Å². The monoisotopic (exact) mass is 521 g/mol. The number of alkyl halides is 1. The van der Waals surface area contributed by atoms with E-state index in [-0.39, 0.29) is 36.9 Å². The SMILES string of the molecule is CC(=O)c1nn(CC(=O)N2C[C@H](F)C[C@H]2C(=O)NCC2CCN(C)C2)c2ccc(-c3cnc(C)nc3)cc12. The number of carbonyl (C=O) groups excluding carboxylic acids is 3. The summed E-state index contributed by atoms with van der Waals surface area (Å²) in [5.41, 5.74) is 2.45. The molecule has 2 fully saturated rings. The van der Waals surface area contributed by atoms with Crippen LogP contribution in [0.25, 0.3) is 22.0 Å². The number of hydrogen-bond acceptors (Lipinski definition) is 7. The first-order valence-electron chi connectivity index (χ1n) is 12.9. The zero-order valence-corrected chi connectivity index (χ0v) is 21.9. The fourth-order valence-electron chi connectivity index (χ4n) is 5.36. The highest BCUT2D eigenvalue weighted by molar-refractivity contribution is 6.06. The molecular weight excluding hydrogens is 489 g/mol. The van der Waals surface area contributed by atoms with Crippen molar-refractivity contribution < 1.29 is 18.8 Å². The smallest absolute Gasteiger partial charge is 0.245 e. The Morgan fingerprint density at radius 1 is 1.13 bits per heavy atom. The molecule has 1 N–H and O–H groups in total. The second kappa shape index (κ2) is 10.6. The van der Waals surface area contributed by atoms with Crippen molar-refractivity contribution in [2.24, 2.45) is 5.92 Å². The van der Waals surface area contributed by atoms with Crippen LogP contribution in [0.2, 0.25) is 0 Å². The molecule has 0 saturated carbocycles. The Bertz CT molecular complexity index is 1370. The molecule has 4 heterocycles. The minimum Gasteiger partial charge on any atom is -0.354 e. The van der Waals surface area contributed by atoms with Crippen LogP contribution in [0, 0.1) is 12.8 Å². The van der Waals surface area contributed by atoms with E-state index in [0.717, 1.165) is 30.6 Å². The average molecular weight is 522 g/mol. The average Bonchev–Trinajstić information content (AvgIpc) is 3.59. The number of hydrogen-bond donors (Lipinski definition) is 1. The first kappa shape index (κ1) is 25.9. The topological polar surface area (TPSA) is 113 Å². The minimum absolute atomic E-state index is 0.0251. The van der Waals surface area contributed by atoms with Gasteiger partial charge in [-0.2, -0.15) is 5.10 Å². The van der Waals surface area contributed by atoms with Crippen molar-refractivity contribution in [3.63, 3.8) is 0 Å². The van der Waals surface area contributed by atoms with Crippen molar-refractivity contribution in [1.82, 2.24) is 34.9 Å². The van der Waals surface area contributed by atoms with Gasteiger partial charge in [-0.25, -0.2) is 14.4 Å². The number of likely N-dealkylation sites (tertiary alicyclic amines) is 2. The van der Waals surface area contributed by atoms with Crippen molar-refractivity contribution in [1.29, 1.82) is 0 Å². The maximum Gasteiger partial charge on any atom is 0.245 e. The van der Waals surface area contributed by atoms with Crippen LogP contribution in [0.5, 0.6) is 0 Å². The van der Waals surface area contributed by atoms with Crippen LogP contribution in [0.15, 0.2) is 30.6 Å². The van der Waals surface area contributed by atoms with Gasteiger partial charge < -0.3 is 15.1 Å². The van der Waals surface area contributed by atoms with Gasteiger partial charge >= 0.3 is 0 Å². The Balaban J connectivity index is 1.35. The van der Waals surface area contributed by atoms with Gasteiger partial charge in [-0.1, -0.05) is 6.07 Å². The molecule has 0 aliphatic carbocycles. The number of carbonyl (C=O) groups is 3. The largest absolute Gasteiger partial charge is 0.354 e. The molecule has 1 unspecified atom stereocenters. The Labute approximate surface area is 220 Å². The number of benzene rings is 1. The molecule has 5 rings (SSSR count). The highest BCUT2D eigenvalue weighted by Crippen LogP contribution is 2.28. The first-order valence-corrected chi connectivity index (χ1v) is 12.9. The van der Waals surface area contributed by atoms with E-state index in [0.29, 0.717) is 29.2 Å². The van der Waals surface area contributed by atoms with Gasteiger partial charge in [0.05, 0.1) is 12.1 Å². The molecule has 0 bridgehead atoms. The standard InChI is InChI=1S/C27H32FN7O3/c1-16(36)26-22-8-19(20-11-29-17(2)30-12-20)4-5-23(22)35(32-26)15-25(37)34-14-21(28)9-24(34)27(38)31-10-18-6-7-33(3)13-18/h4-5,8,11-12,18,21,24H,6-7,9-10,13-15H2,1-3H3,(H,31,38)/t18?,21-,24+/m1/s1. The number of rotatable bonds is 7. The molecule has 38 heavy (non-hydrogen) atoms. The number of aromatic nitrogens is 4. The summed E-state index contributed by atoms with van der Waals surface area (Å²) < 4.78 is 15.9. The number of Topliss-reactive ketones (excluding diaryl/α,β-unsaturated/α-hetero) is 1. The lowest BCUT2D eigenvalue weighted by atomic mass is 10.0. The highest BCUT2D eigenvalue weighted by atomic mass is 19.1. The molecule has 2 aliphatic rings. The highest BCUT2D eigenvalue weighted by Gasteiger charge is 2.40. The van der Waals surface area contributed by atoms with Crippen molar-refractivity contribution in [2.75, 3.05) is 33.2 Å². The van der Waals surface area contributed by atoms with Crippen LogP contribution in [0.1, 0.15) is 36.1 Å². The second-order valence-corrected chi connectivity index (χ2v) is 10.4. The van der Waals surface area contributed by atoms with Crippen LogP contribution in [-0.2, 0) is 16.1 Å². The van der Waals surface area contributed by atoms with Gasteiger partial charge in [0.2, 0.25) is 11.8 Å². The molecule has 10 nitrogen and oxygen atoms in total. The van der Waals surface area contributed by atoms with E-state index in [1.165, 1.54) is 16.5 Å². The molecule has 3 aromatic rings. The maximum atomic E-state index is 14.4.